The van der Waals surface area contributed by atoms with E-state index in [1.54, 1.807) is 12.3 Å². The van der Waals surface area contributed by atoms with Gasteiger partial charge in [-0.3, -0.25) is 4.90 Å². The molecule has 0 bridgehead atoms. The number of pyridine rings is 2. The van der Waals surface area contributed by atoms with Crippen molar-refractivity contribution in [3.8, 4) is 10.6 Å². The van der Waals surface area contributed by atoms with Crippen molar-refractivity contribution < 1.29 is 13.5 Å². The van der Waals surface area contributed by atoms with Gasteiger partial charge in [-0.05, 0) is 50.2 Å². The Kier molecular flexibility index (Phi) is 6.47. The molecule has 0 amide bonds. The number of ether oxygens (including phenoxy) is 1. The molecule has 2 fully saturated rings. The first-order valence-corrected chi connectivity index (χ1v) is 13.0. The van der Waals surface area contributed by atoms with E-state index in [9.17, 15) is 8.78 Å². The topological polar surface area (TPSA) is 66.4 Å². The standard InChI is InChI=1S/C26H26F2N6OS/c27-17-4-3-5-18(28)25(17)26-31-19-14-24(29-15-22(19)36-26)32-23-7-6-21(34-10-12-35-13-11-34)20(30-23)16-33-8-1-2-9-33/h3-7,14-15H,1-2,8-13,16H2,(H,29,30,32). The molecule has 1 aromatic carbocycles. The molecule has 10 heteroatoms. The maximum Gasteiger partial charge on any atom is 0.136 e. The van der Waals surface area contributed by atoms with Gasteiger partial charge in [0.2, 0.25) is 0 Å². The van der Waals surface area contributed by atoms with Crippen LogP contribution in [0.4, 0.5) is 26.1 Å². The highest BCUT2D eigenvalue weighted by Crippen LogP contribution is 2.34. The number of nitrogens with zero attached hydrogens (tertiary/aromatic N) is 5. The molecule has 0 spiro atoms. The molecule has 2 aliphatic rings. The molecule has 0 radical (unpaired) electrons. The van der Waals surface area contributed by atoms with Gasteiger partial charge in [0.25, 0.3) is 0 Å². The van der Waals surface area contributed by atoms with Gasteiger partial charge in [0, 0.05) is 31.9 Å². The lowest BCUT2D eigenvalue weighted by Gasteiger charge is -2.31. The Bertz CT molecular complexity index is 1360. The third kappa shape index (κ3) is 4.76. The Labute approximate surface area is 211 Å². The molecule has 36 heavy (non-hydrogen) atoms. The van der Waals surface area contributed by atoms with Crippen molar-refractivity contribution >= 4 is 38.9 Å². The lowest BCUT2D eigenvalue weighted by Crippen LogP contribution is -2.37. The number of rotatable bonds is 6. The van der Waals surface area contributed by atoms with E-state index in [2.05, 4.69) is 31.2 Å². The van der Waals surface area contributed by atoms with Gasteiger partial charge in [-0.25, -0.2) is 23.7 Å². The highest BCUT2D eigenvalue weighted by atomic mass is 32.1. The Morgan fingerprint density at radius 2 is 1.72 bits per heavy atom. The van der Waals surface area contributed by atoms with Gasteiger partial charge in [-0.2, -0.15) is 0 Å². The molecule has 0 unspecified atom stereocenters. The summed E-state index contributed by atoms with van der Waals surface area (Å²) in [4.78, 5) is 18.7. The molecule has 5 heterocycles. The van der Waals surface area contributed by atoms with Crippen molar-refractivity contribution in [3.05, 3.63) is 59.9 Å². The molecule has 0 saturated carbocycles. The summed E-state index contributed by atoms with van der Waals surface area (Å²) in [5, 5.41) is 3.59. The van der Waals surface area contributed by atoms with E-state index in [0.29, 0.717) is 22.2 Å². The van der Waals surface area contributed by atoms with E-state index < -0.39 is 11.6 Å². The first kappa shape index (κ1) is 23.2. The van der Waals surface area contributed by atoms with Crippen LogP contribution in [0, 0.1) is 11.6 Å². The van der Waals surface area contributed by atoms with E-state index in [1.807, 2.05) is 6.07 Å². The minimum Gasteiger partial charge on any atom is -0.378 e. The van der Waals surface area contributed by atoms with Gasteiger partial charge in [-0.1, -0.05) is 6.07 Å². The first-order valence-electron chi connectivity index (χ1n) is 12.2. The lowest BCUT2D eigenvalue weighted by atomic mass is 10.2. The zero-order valence-corrected chi connectivity index (χ0v) is 20.5. The van der Waals surface area contributed by atoms with Gasteiger partial charge >= 0.3 is 0 Å². The fourth-order valence-corrected chi connectivity index (χ4v) is 5.73. The summed E-state index contributed by atoms with van der Waals surface area (Å²) >= 11 is 1.21. The van der Waals surface area contributed by atoms with Crippen molar-refractivity contribution in [1.29, 1.82) is 0 Å². The molecule has 1 N–H and O–H groups in total. The molecule has 2 saturated heterocycles. The van der Waals surface area contributed by atoms with Crippen LogP contribution in [-0.2, 0) is 11.3 Å². The highest BCUT2D eigenvalue weighted by Gasteiger charge is 2.21. The van der Waals surface area contributed by atoms with Gasteiger partial charge in [0.15, 0.2) is 0 Å². The smallest absolute Gasteiger partial charge is 0.136 e. The molecule has 0 aliphatic carbocycles. The quantitative estimate of drug-likeness (QED) is 0.384. The van der Waals surface area contributed by atoms with Crippen molar-refractivity contribution in [3.63, 3.8) is 0 Å². The molecule has 2 aliphatic heterocycles. The Hall–Kier alpha value is -3.21. The van der Waals surface area contributed by atoms with Crippen molar-refractivity contribution in [2.45, 2.75) is 19.4 Å². The monoisotopic (exact) mass is 508 g/mol. The van der Waals surface area contributed by atoms with Crippen LogP contribution in [0.5, 0.6) is 0 Å². The molecule has 0 atom stereocenters. The predicted octanol–water partition coefficient (Wildman–Crippen LogP) is 5.21. The number of aromatic nitrogens is 3. The lowest BCUT2D eigenvalue weighted by molar-refractivity contribution is 0.122. The molecule has 6 rings (SSSR count). The fourth-order valence-electron chi connectivity index (χ4n) is 4.77. The maximum absolute atomic E-state index is 14.3. The van der Waals surface area contributed by atoms with E-state index in [1.165, 1.54) is 42.4 Å². The summed E-state index contributed by atoms with van der Waals surface area (Å²) in [5.41, 5.74) is 2.70. The normalized spacial score (nSPS) is 16.7. The summed E-state index contributed by atoms with van der Waals surface area (Å²) in [7, 11) is 0. The van der Waals surface area contributed by atoms with Gasteiger partial charge in [0.05, 0.1) is 40.4 Å². The molecular formula is C26H26F2N6OS. The Morgan fingerprint density at radius 3 is 2.50 bits per heavy atom. The van der Waals surface area contributed by atoms with E-state index in [4.69, 9.17) is 9.72 Å². The number of fused-ring (bicyclic) bond motifs is 1. The van der Waals surface area contributed by atoms with E-state index in [-0.39, 0.29) is 5.56 Å². The number of thiazole rings is 1. The SMILES string of the molecule is Fc1cccc(F)c1-c1nc2cc(Nc3ccc(N4CCOCC4)c(CN4CCCC4)n3)ncc2s1. The van der Waals surface area contributed by atoms with Gasteiger partial charge in [0.1, 0.15) is 28.3 Å². The zero-order valence-electron chi connectivity index (χ0n) is 19.7. The number of hydrogen-bond acceptors (Lipinski definition) is 8. The first-order chi connectivity index (χ1) is 17.6. The number of nitrogens with one attached hydrogen (secondary N) is 1. The second-order valence-electron chi connectivity index (χ2n) is 9.02. The largest absolute Gasteiger partial charge is 0.378 e. The van der Waals surface area contributed by atoms with Crippen LogP contribution in [0.25, 0.3) is 20.8 Å². The third-order valence-corrected chi connectivity index (χ3v) is 7.61. The van der Waals surface area contributed by atoms with Gasteiger partial charge < -0.3 is 15.0 Å². The molecular weight excluding hydrogens is 482 g/mol. The van der Waals surface area contributed by atoms with Crippen molar-refractivity contribution in [2.24, 2.45) is 0 Å². The number of halogens is 2. The minimum atomic E-state index is -0.629. The number of benzene rings is 1. The summed E-state index contributed by atoms with van der Waals surface area (Å²) in [6.07, 6.45) is 4.12. The summed E-state index contributed by atoms with van der Waals surface area (Å²) in [5.74, 6) is 0.0154. The average molecular weight is 509 g/mol. The van der Waals surface area contributed by atoms with Crippen LogP contribution in [0.1, 0.15) is 18.5 Å². The molecule has 3 aromatic heterocycles. The van der Waals surface area contributed by atoms with E-state index in [0.717, 1.165) is 62.0 Å². The van der Waals surface area contributed by atoms with Crippen LogP contribution in [0.2, 0.25) is 0 Å². The Morgan fingerprint density at radius 1 is 0.944 bits per heavy atom. The van der Waals surface area contributed by atoms with Crippen LogP contribution >= 0.6 is 11.3 Å². The predicted molar refractivity (Wildman–Crippen MR) is 138 cm³/mol. The van der Waals surface area contributed by atoms with Crippen molar-refractivity contribution in [1.82, 2.24) is 19.9 Å². The van der Waals surface area contributed by atoms with Crippen LogP contribution < -0.4 is 10.2 Å². The zero-order chi connectivity index (χ0) is 24.5. The van der Waals surface area contributed by atoms with Crippen LogP contribution in [0.15, 0.2) is 42.6 Å². The third-order valence-electron chi connectivity index (χ3n) is 6.58. The molecule has 7 nitrogen and oxygen atoms in total. The average Bonchev–Trinajstić information content (AvgIpc) is 3.54. The highest BCUT2D eigenvalue weighted by molar-refractivity contribution is 7.21. The number of likely N-dealkylation sites (tertiary alicyclic amines) is 1. The molecule has 4 aromatic rings. The number of hydrogen-bond donors (Lipinski definition) is 1. The second kappa shape index (κ2) is 10.0. The number of morpholine rings is 1. The van der Waals surface area contributed by atoms with Crippen molar-refractivity contribution in [2.75, 3.05) is 49.6 Å². The molecule has 186 valence electrons. The maximum atomic E-state index is 14.3. The Balaban J connectivity index is 1.28. The van der Waals surface area contributed by atoms with Gasteiger partial charge in [-0.15, -0.1) is 11.3 Å². The fraction of sp³-hybridized carbons (Fsp3) is 0.346. The van der Waals surface area contributed by atoms with Crippen LogP contribution in [-0.4, -0.2) is 59.2 Å². The van der Waals surface area contributed by atoms with Crippen LogP contribution in [0.3, 0.4) is 0 Å². The second-order valence-corrected chi connectivity index (χ2v) is 10.1. The minimum absolute atomic E-state index is 0.111. The summed E-state index contributed by atoms with van der Waals surface area (Å²) in [6.45, 7) is 6.14. The summed E-state index contributed by atoms with van der Waals surface area (Å²) in [6, 6.07) is 9.69. The van der Waals surface area contributed by atoms with E-state index >= 15 is 0 Å². The number of anilines is 3. The summed E-state index contributed by atoms with van der Waals surface area (Å²) < 4.78 is 34.8.